The molecular formula is C14H16N2. The van der Waals surface area contributed by atoms with Crippen LogP contribution in [0.15, 0.2) is 30.5 Å². The largest absolute Gasteiger partial charge is 0.370 e. The van der Waals surface area contributed by atoms with Gasteiger partial charge in [0.05, 0.1) is 0 Å². The topological polar surface area (TPSA) is 24.9 Å². The molecule has 1 aliphatic rings. The highest BCUT2D eigenvalue weighted by Gasteiger charge is 2.25. The summed E-state index contributed by atoms with van der Waals surface area (Å²) in [5.74, 6) is 1.81. The fourth-order valence-corrected chi connectivity index (χ4v) is 2.29. The van der Waals surface area contributed by atoms with Gasteiger partial charge in [0.2, 0.25) is 0 Å². The average Bonchev–Trinajstić information content (AvgIpc) is 3.13. The molecule has 1 aromatic carbocycles. The zero-order chi connectivity index (χ0) is 11.0. The fourth-order valence-electron chi connectivity index (χ4n) is 2.29. The van der Waals surface area contributed by atoms with Crippen molar-refractivity contribution in [2.75, 3.05) is 11.9 Å². The lowest BCUT2D eigenvalue weighted by molar-refractivity contribution is 1.14. The van der Waals surface area contributed by atoms with Crippen LogP contribution < -0.4 is 5.32 Å². The molecule has 2 aromatic rings. The molecule has 3 rings (SSSR count). The molecule has 0 aliphatic heterocycles. The van der Waals surface area contributed by atoms with Gasteiger partial charge >= 0.3 is 0 Å². The molecule has 0 atom stereocenters. The monoisotopic (exact) mass is 212 g/mol. The van der Waals surface area contributed by atoms with Crippen LogP contribution in [-0.2, 0) is 0 Å². The molecule has 1 aromatic heterocycles. The van der Waals surface area contributed by atoms with Crippen LogP contribution in [0.2, 0.25) is 0 Å². The summed E-state index contributed by atoms with van der Waals surface area (Å²) in [5, 5.41) is 5.96. The van der Waals surface area contributed by atoms with Gasteiger partial charge < -0.3 is 5.32 Å². The number of hydrogen-bond acceptors (Lipinski definition) is 2. The van der Waals surface area contributed by atoms with E-state index in [1.54, 1.807) is 0 Å². The molecule has 1 N–H and O–H groups in total. The molecule has 0 spiro atoms. The minimum atomic E-state index is 0.792. The van der Waals surface area contributed by atoms with E-state index in [1.807, 2.05) is 6.20 Å². The molecule has 0 radical (unpaired) electrons. The average molecular weight is 212 g/mol. The van der Waals surface area contributed by atoms with Crippen LogP contribution in [0.25, 0.3) is 10.8 Å². The predicted octanol–water partition coefficient (Wildman–Crippen LogP) is 3.54. The van der Waals surface area contributed by atoms with Crippen molar-refractivity contribution in [3.63, 3.8) is 0 Å². The van der Waals surface area contributed by atoms with E-state index in [4.69, 9.17) is 0 Å². The Hall–Kier alpha value is -1.57. The Morgan fingerprint density at radius 3 is 2.88 bits per heavy atom. The van der Waals surface area contributed by atoms with Crippen LogP contribution >= 0.6 is 0 Å². The van der Waals surface area contributed by atoms with Crippen LogP contribution in [-0.4, -0.2) is 11.5 Å². The van der Waals surface area contributed by atoms with Crippen molar-refractivity contribution < 1.29 is 0 Å². The summed E-state index contributed by atoms with van der Waals surface area (Å²) in [6.07, 6.45) is 4.60. The Morgan fingerprint density at radius 2 is 2.12 bits per heavy atom. The molecule has 2 heteroatoms. The third-order valence-corrected chi connectivity index (χ3v) is 3.20. The molecule has 0 saturated heterocycles. The van der Waals surface area contributed by atoms with Crippen LogP contribution in [0.3, 0.4) is 0 Å². The predicted molar refractivity (Wildman–Crippen MR) is 67.9 cm³/mol. The maximum atomic E-state index is 4.41. The van der Waals surface area contributed by atoms with Gasteiger partial charge in [0.1, 0.15) is 5.82 Å². The summed E-state index contributed by atoms with van der Waals surface area (Å²) < 4.78 is 0. The molecule has 0 bridgehead atoms. The van der Waals surface area contributed by atoms with Crippen LogP contribution in [0.5, 0.6) is 0 Å². The number of fused-ring (bicyclic) bond motifs is 1. The van der Waals surface area contributed by atoms with Crippen molar-refractivity contribution in [2.45, 2.75) is 25.7 Å². The number of anilines is 1. The smallest absolute Gasteiger partial charge is 0.133 e. The van der Waals surface area contributed by atoms with Gasteiger partial charge in [0.25, 0.3) is 0 Å². The van der Waals surface area contributed by atoms with Crippen LogP contribution in [0.4, 0.5) is 5.82 Å². The second-order valence-corrected chi connectivity index (χ2v) is 4.41. The van der Waals surface area contributed by atoms with Gasteiger partial charge in [-0.3, -0.25) is 0 Å². The number of pyridine rings is 1. The minimum Gasteiger partial charge on any atom is -0.370 e. The molecule has 0 amide bonds. The van der Waals surface area contributed by atoms with Crippen LogP contribution in [0.1, 0.15) is 31.2 Å². The van der Waals surface area contributed by atoms with Gasteiger partial charge in [0, 0.05) is 18.1 Å². The number of hydrogen-bond donors (Lipinski definition) is 1. The molecule has 1 saturated carbocycles. The Balaban J connectivity index is 2.20. The second kappa shape index (κ2) is 3.78. The molecule has 82 valence electrons. The summed E-state index contributed by atoms with van der Waals surface area (Å²) >= 11 is 0. The van der Waals surface area contributed by atoms with Gasteiger partial charge in [-0.15, -0.1) is 0 Å². The zero-order valence-corrected chi connectivity index (χ0v) is 9.53. The maximum Gasteiger partial charge on any atom is 0.133 e. The van der Waals surface area contributed by atoms with Gasteiger partial charge in [-0.1, -0.05) is 18.2 Å². The molecule has 16 heavy (non-hydrogen) atoms. The quantitative estimate of drug-likeness (QED) is 0.841. The first-order valence-electron chi connectivity index (χ1n) is 6.01. The first-order valence-corrected chi connectivity index (χ1v) is 6.01. The third-order valence-electron chi connectivity index (χ3n) is 3.20. The normalized spacial score (nSPS) is 15.3. The van der Waals surface area contributed by atoms with Gasteiger partial charge in [-0.25, -0.2) is 4.98 Å². The molecule has 1 heterocycles. The maximum absolute atomic E-state index is 4.41. The van der Waals surface area contributed by atoms with E-state index in [2.05, 4.69) is 41.5 Å². The Kier molecular flexibility index (Phi) is 2.28. The lowest BCUT2D eigenvalue weighted by atomic mass is 10.0. The number of nitrogens with one attached hydrogen (secondary N) is 1. The highest BCUT2D eigenvalue weighted by Crippen LogP contribution is 2.43. The third kappa shape index (κ3) is 1.54. The Morgan fingerprint density at radius 1 is 1.25 bits per heavy atom. The highest BCUT2D eigenvalue weighted by atomic mass is 15.0. The van der Waals surface area contributed by atoms with Crippen molar-refractivity contribution in [2.24, 2.45) is 0 Å². The summed E-state index contributed by atoms with van der Waals surface area (Å²) in [5.41, 5.74) is 1.50. The summed E-state index contributed by atoms with van der Waals surface area (Å²) in [7, 11) is 0. The molecule has 1 fully saturated rings. The van der Waals surface area contributed by atoms with Gasteiger partial charge in [-0.05, 0) is 42.7 Å². The fraction of sp³-hybridized carbons (Fsp3) is 0.357. The Bertz CT molecular complexity index is 515. The molecule has 2 nitrogen and oxygen atoms in total. The first-order chi connectivity index (χ1) is 7.90. The van der Waals surface area contributed by atoms with Crippen molar-refractivity contribution in [1.29, 1.82) is 0 Å². The number of nitrogens with zero attached hydrogens (tertiary/aromatic N) is 1. The van der Waals surface area contributed by atoms with E-state index in [0.717, 1.165) is 18.3 Å². The second-order valence-electron chi connectivity index (χ2n) is 4.41. The number of rotatable bonds is 3. The highest BCUT2D eigenvalue weighted by molar-refractivity contribution is 5.94. The SMILES string of the molecule is CCNc1nccc2c(C3CC3)cccc12. The zero-order valence-electron chi connectivity index (χ0n) is 9.53. The Labute approximate surface area is 95.7 Å². The standard InChI is InChI=1S/C14H16N2/c1-2-15-14-13-5-3-4-11(10-6-7-10)12(13)8-9-16-14/h3-5,8-10H,2,6-7H2,1H3,(H,15,16). The first kappa shape index (κ1) is 9.64. The summed E-state index contributed by atoms with van der Waals surface area (Å²) in [6, 6.07) is 8.71. The molecule has 1 aliphatic carbocycles. The van der Waals surface area contributed by atoms with Crippen LogP contribution in [0, 0.1) is 0 Å². The van der Waals surface area contributed by atoms with Crippen molar-refractivity contribution in [1.82, 2.24) is 4.98 Å². The molecular weight excluding hydrogens is 196 g/mol. The van der Waals surface area contributed by atoms with E-state index in [0.29, 0.717) is 0 Å². The van der Waals surface area contributed by atoms with E-state index in [-0.39, 0.29) is 0 Å². The summed E-state index contributed by atoms with van der Waals surface area (Å²) in [6.45, 7) is 3.02. The molecule has 0 unspecified atom stereocenters. The minimum absolute atomic E-state index is 0.792. The summed E-state index contributed by atoms with van der Waals surface area (Å²) in [4.78, 5) is 4.41. The van der Waals surface area contributed by atoms with E-state index in [9.17, 15) is 0 Å². The van der Waals surface area contributed by atoms with Crippen molar-refractivity contribution >= 4 is 16.6 Å². The van der Waals surface area contributed by atoms with E-state index in [1.165, 1.54) is 29.2 Å². The van der Waals surface area contributed by atoms with Gasteiger partial charge in [-0.2, -0.15) is 0 Å². The van der Waals surface area contributed by atoms with Gasteiger partial charge in [0.15, 0.2) is 0 Å². The lowest BCUT2D eigenvalue weighted by Gasteiger charge is -2.09. The lowest BCUT2D eigenvalue weighted by Crippen LogP contribution is -2.00. The number of benzene rings is 1. The van der Waals surface area contributed by atoms with E-state index < -0.39 is 0 Å². The van der Waals surface area contributed by atoms with Crippen molar-refractivity contribution in [3.05, 3.63) is 36.0 Å². The van der Waals surface area contributed by atoms with E-state index >= 15 is 0 Å². The van der Waals surface area contributed by atoms with Crippen molar-refractivity contribution in [3.8, 4) is 0 Å². The number of aromatic nitrogens is 1.